The molecule has 0 aromatic heterocycles. The largest absolute Gasteiger partial charge is 0.492 e. The Balaban J connectivity index is 1.86. The van der Waals surface area contributed by atoms with Gasteiger partial charge in [-0.15, -0.1) is 0 Å². The number of rotatable bonds is 4. The first kappa shape index (κ1) is 12.9. The quantitative estimate of drug-likeness (QED) is 0.827. The van der Waals surface area contributed by atoms with Crippen LogP contribution in [-0.2, 0) is 12.8 Å². The van der Waals surface area contributed by atoms with Crippen molar-refractivity contribution in [3.63, 3.8) is 0 Å². The maximum absolute atomic E-state index is 6.14. The summed E-state index contributed by atoms with van der Waals surface area (Å²) in [5.74, 6) is 0.735. The molecular weight excluding hydrogens is 248 g/mol. The van der Waals surface area contributed by atoms with Gasteiger partial charge in [0.15, 0.2) is 0 Å². The molecule has 3 N–H and O–H groups in total. The first-order valence-electron chi connectivity index (χ1n) is 7.18. The average Bonchev–Trinajstić information content (AvgIpc) is 2.91. The van der Waals surface area contributed by atoms with E-state index in [2.05, 4.69) is 23.5 Å². The van der Waals surface area contributed by atoms with Crippen LogP contribution in [0.25, 0.3) is 0 Å². The molecule has 0 radical (unpaired) electrons. The van der Waals surface area contributed by atoms with Crippen LogP contribution in [-0.4, -0.2) is 6.61 Å². The summed E-state index contributed by atoms with van der Waals surface area (Å²) in [6.45, 7) is 2.58. The number of fused-ring (bicyclic) bond motifs is 1. The standard InChI is InChI=1S/C17H20N2O/c1-2-20-16-8-4-7-15(17(16)18)19-14-10-9-12-5-3-6-13(12)11-14/h4,7-11,19H,2-3,5-6,18H2,1H3. The van der Waals surface area contributed by atoms with Crippen LogP contribution in [0.1, 0.15) is 24.5 Å². The molecule has 104 valence electrons. The van der Waals surface area contributed by atoms with Crippen LogP contribution in [0, 0.1) is 0 Å². The smallest absolute Gasteiger partial charge is 0.144 e. The summed E-state index contributed by atoms with van der Waals surface area (Å²) >= 11 is 0. The fourth-order valence-electron chi connectivity index (χ4n) is 2.74. The first-order valence-corrected chi connectivity index (χ1v) is 7.18. The highest BCUT2D eigenvalue weighted by Gasteiger charge is 2.11. The Kier molecular flexibility index (Phi) is 3.50. The molecule has 2 aromatic carbocycles. The third-order valence-electron chi connectivity index (χ3n) is 3.74. The van der Waals surface area contributed by atoms with Crippen LogP contribution in [0.4, 0.5) is 17.1 Å². The number of nitrogen functional groups attached to an aromatic ring is 1. The lowest BCUT2D eigenvalue weighted by atomic mass is 10.1. The average molecular weight is 268 g/mol. The van der Waals surface area contributed by atoms with Crippen LogP contribution in [0.15, 0.2) is 36.4 Å². The van der Waals surface area contributed by atoms with Crippen molar-refractivity contribution in [1.29, 1.82) is 0 Å². The highest BCUT2D eigenvalue weighted by molar-refractivity contribution is 5.77. The van der Waals surface area contributed by atoms with Gasteiger partial charge in [-0.3, -0.25) is 0 Å². The highest BCUT2D eigenvalue weighted by atomic mass is 16.5. The normalized spacial score (nSPS) is 13.1. The SMILES string of the molecule is CCOc1cccc(Nc2ccc3c(c2)CCC3)c1N. The van der Waals surface area contributed by atoms with E-state index in [-0.39, 0.29) is 0 Å². The Morgan fingerprint density at radius 1 is 1.15 bits per heavy atom. The predicted molar refractivity (Wildman–Crippen MR) is 83.8 cm³/mol. The molecule has 2 aromatic rings. The molecule has 1 aliphatic carbocycles. The zero-order valence-electron chi connectivity index (χ0n) is 11.8. The van der Waals surface area contributed by atoms with Gasteiger partial charge in [0, 0.05) is 5.69 Å². The molecule has 1 aliphatic rings. The van der Waals surface area contributed by atoms with Crippen molar-refractivity contribution in [3.05, 3.63) is 47.5 Å². The number of hydrogen-bond acceptors (Lipinski definition) is 3. The molecule has 0 amide bonds. The zero-order valence-corrected chi connectivity index (χ0v) is 11.8. The van der Waals surface area contributed by atoms with Crippen LogP contribution in [0.3, 0.4) is 0 Å². The van der Waals surface area contributed by atoms with Crippen LogP contribution >= 0.6 is 0 Å². The Labute approximate surface area is 119 Å². The molecule has 0 spiro atoms. The molecule has 0 bridgehead atoms. The minimum absolute atomic E-state index is 0.618. The minimum atomic E-state index is 0.618. The Hall–Kier alpha value is -2.16. The number of para-hydroxylation sites is 1. The number of anilines is 3. The predicted octanol–water partition coefficient (Wildman–Crippen LogP) is 3.90. The summed E-state index contributed by atoms with van der Waals surface area (Å²) < 4.78 is 5.52. The molecule has 20 heavy (non-hydrogen) atoms. The van der Waals surface area contributed by atoms with Gasteiger partial charge >= 0.3 is 0 Å². The number of ether oxygens (including phenoxy) is 1. The molecule has 0 saturated carbocycles. The van der Waals surface area contributed by atoms with Crippen LogP contribution < -0.4 is 15.8 Å². The van der Waals surface area contributed by atoms with Gasteiger partial charge in [-0.2, -0.15) is 0 Å². The van der Waals surface area contributed by atoms with E-state index in [9.17, 15) is 0 Å². The number of aryl methyl sites for hydroxylation is 2. The van der Waals surface area contributed by atoms with Crippen molar-refractivity contribution in [3.8, 4) is 5.75 Å². The molecular formula is C17H20N2O. The van der Waals surface area contributed by atoms with Gasteiger partial charge in [0.05, 0.1) is 18.0 Å². The lowest BCUT2D eigenvalue weighted by Crippen LogP contribution is -2.01. The van der Waals surface area contributed by atoms with Crippen molar-refractivity contribution in [1.82, 2.24) is 0 Å². The summed E-state index contributed by atoms with van der Waals surface area (Å²) in [7, 11) is 0. The third-order valence-corrected chi connectivity index (χ3v) is 3.74. The number of benzene rings is 2. The van der Waals surface area contributed by atoms with E-state index in [1.165, 1.54) is 30.4 Å². The second-order valence-electron chi connectivity index (χ2n) is 5.11. The molecule has 3 rings (SSSR count). The Bertz CT molecular complexity index is 622. The Morgan fingerprint density at radius 2 is 2.00 bits per heavy atom. The highest BCUT2D eigenvalue weighted by Crippen LogP contribution is 2.33. The third kappa shape index (κ3) is 2.44. The topological polar surface area (TPSA) is 47.3 Å². The summed E-state index contributed by atoms with van der Waals surface area (Å²) in [5, 5.41) is 3.40. The fraction of sp³-hybridized carbons (Fsp3) is 0.294. The van der Waals surface area contributed by atoms with Gasteiger partial charge in [0.2, 0.25) is 0 Å². The molecule has 3 nitrogen and oxygen atoms in total. The zero-order chi connectivity index (χ0) is 13.9. The molecule has 0 saturated heterocycles. The minimum Gasteiger partial charge on any atom is -0.492 e. The summed E-state index contributed by atoms with van der Waals surface area (Å²) in [4.78, 5) is 0. The van der Waals surface area contributed by atoms with E-state index < -0.39 is 0 Å². The summed E-state index contributed by atoms with van der Waals surface area (Å²) in [6.07, 6.45) is 3.65. The van der Waals surface area contributed by atoms with E-state index in [0.717, 1.165) is 17.1 Å². The van der Waals surface area contributed by atoms with Gasteiger partial charge in [0.1, 0.15) is 5.75 Å². The van der Waals surface area contributed by atoms with E-state index in [1.807, 2.05) is 25.1 Å². The van der Waals surface area contributed by atoms with E-state index in [4.69, 9.17) is 10.5 Å². The first-order chi connectivity index (χ1) is 9.78. The molecule has 0 unspecified atom stereocenters. The van der Waals surface area contributed by atoms with Gasteiger partial charge in [-0.25, -0.2) is 0 Å². The van der Waals surface area contributed by atoms with Gasteiger partial charge in [-0.05, 0) is 61.6 Å². The van der Waals surface area contributed by atoms with Gasteiger partial charge in [0.25, 0.3) is 0 Å². The van der Waals surface area contributed by atoms with Crippen molar-refractivity contribution in [2.24, 2.45) is 0 Å². The molecule has 0 atom stereocenters. The van der Waals surface area contributed by atoms with E-state index in [0.29, 0.717) is 12.3 Å². The molecule has 0 fully saturated rings. The van der Waals surface area contributed by atoms with Crippen molar-refractivity contribution >= 4 is 17.1 Å². The summed E-state index contributed by atoms with van der Waals surface area (Å²) in [6, 6.07) is 12.4. The monoisotopic (exact) mass is 268 g/mol. The number of nitrogens with one attached hydrogen (secondary N) is 1. The maximum Gasteiger partial charge on any atom is 0.144 e. The van der Waals surface area contributed by atoms with Gasteiger partial charge < -0.3 is 15.8 Å². The number of hydrogen-bond donors (Lipinski definition) is 2. The fourth-order valence-corrected chi connectivity index (χ4v) is 2.74. The van der Waals surface area contributed by atoms with Crippen molar-refractivity contribution < 1.29 is 4.74 Å². The van der Waals surface area contributed by atoms with Crippen LogP contribution in [0.2, 0.25) is 0 Å². The lowest BCUT2D eigenvalue weighted by Gasteiger charge is -2.14. The van der Waals surface area contributed by atoms with Crippen molar-refractivity contribution in [2.75, 3.05) is 17.7 Å². The Morgan fingerprint density at radius 3 is 2.85 bits per heavy atom. The maximum atomic E-state index is 6.14. The summed E-state index contributed by atoms with van der Waals surface area (Å²) in [5.41, 5.74) is 11.7. The second kappa shape index (κ2) is 5.45. The lowest BCUT2D eigenvalue weighted by molar-refractivity contribution is 0.342. The van der Waals surface area contributed by atoms with Crippen molar-refractivity contribution in [2.45, 2.75) is 26.2 Å². The second-order valence-corrected chi connectivity index (χ2v) is 5.11. The molecule has 0 aliphatic heterocycles. The molecule has 0 heterocycles. The van der Waals surface area contributed by atoms with Crippen LogP contribution in [0.5, 0.6) is 5.75 Å². The molecule has 3 heteroatoms. The van der Waals surface area contributed by atoms with Gasteiger partial charge in [-0.1, -0.05) is 12.1 Å². The van der Waals surface area contributed by atoms with E-state index >= 15 is 0 Å². The van der Waals surface area contributed by atoms with E-state index in [1.54, 1.807) is 0 Å². The number of nitrogens with two attached hydrogens (primary N) is 1.